The fraction of sp³-hybridized carbons (Fsp3) is 0.833. The zero-order chi connectivity index (χ0) is 7.56. The Labute approximate surface area is 57.6 Å². The number of carbonyl (C=O) groups is 1. The number of halogens is 2. The molecule has 0 bridgehead atoms. The minimum Gasteiger partial charge on any atom is -0.356 e. The van der Waals surface area contributed by atoms with Crippen LogP contribution in [0.4, 0.5) is 8.78 Å². The van der Waals surface area contributed by atoms with Crippen molar-refractivity contribution in [2.75, 3.05) is 6.54 Å². The maximum atomic E-state index is 11.9. The number of amides is 1. The Morgan fingerprint density at radius 2 is 2.30 bits per heavy atom. The quantitative estimate of drug-likeness (QED) is 0.586. The zero-order valence-corrected chi connectivity index (χ0v) is 5.44. The standard InChI is InChI=1S/C6H9F2NO/c7-6(8)4-1-2-9-5(10)3-4/h4,6H,1-3H2,(H,9,10). The van der Waals surface area contributed by atoms with Crippen LogP contribution in [0.3, 0.4) is 0 Å². The minimum atomic E-state index is -2.34. The molecule has 0 radical (unpaired) electrons. The number of hydrogen-bond acceptors (Lipinski definition) is 1. The van der Waals surface area contributed by atoms with E-state index in [1.54, 1.807) is 0 Å². The van der Waals surface area contributed by atoms with Gasteiger partial charge in [-0.1, -0.05) is 0 Å². The van der Waals surface area contributed by atoms with Gasteiger partial charge in [-0.3, -0.25) is 4.79 Å². The van der Waals surface area contributed by atoms with Crippen LogP contribution in [0.15, 0.2) is 0 Å². The van der Waals surface area contributed by atoms with Crippen LogP contribution < -0.4 is 5.32 Å². The molecule has 1 N–H and O–H groups in total. The van der Waals surface area contributed by atoms with Crippen LogP contribution in [0, 0.1) is 5.92 Å². The second kappa shape index (κ2) is 2.94. The van der Waals surface area contributed by atoms with Gasteiger partial charge in [0, 0.05) is 18.9 Å². The van der Waals surface area contributed by atoms with Crippen LogP contribution in [0.5, 0.6) is 0 Å². The number of nitrogens with one attached hydrogen (secondary N) is 1. The van der Waals surface area contributed by atoms with Crippen LogP contribution in [0.2, 0.25) is 0 Å². The smallest absolute Gasteiger partial charge is 0.242 e. The van der Waals surface area contributed by atoms with Gasteiger partial charge in [0.1, 0.15) is 0 Å². The Bertz CT molecular complexity index is 138. The molecule has 0 saturated carbocycles. The van der Waals surface area contributed by atoms with Gasteiger partial charge in [0.2, 0.25) is 12.3 Å². The summed E-state index contributed by atoms with van der Waals surface area (Å²) in [6.07, 6.45) is -1.95. The van der Waals surface area contributed by atoms with Crippen molar-refractivity contribution in [2.24, 2.45) is 5.92 Å². The predicted octanol–water partition coefficient (Wildman–Crippen LogP) is 0.778. The average Bonchev–Trinajstić information content (AvgIpc) is 1.88. The van der Waals surface area contributed by atoms with E-state index in [0.29, 0.717) is 13.0 Å². The van der Waals surface area contributed by atoms with E-state index in [0.717, 1.165) is 0 Å². The molecule has 0 aliphatic carbocycles. The number of hydrogen-bond donors (Lipinski definition) is 1. The van der Waals surface area contributed by atoms with Gasteiger partial charge in [-0.25, -0.2) is 8.78 Å². The lowest BCUT2D eigenvalue weighted by Crippen LogP contribution is -2.36. The first-order chi connectivity index (χ1) is 4.70. The van der Waals surface area contributed by atoms with Gasteiger partial charge in [0.05, 0.1) is 0 Å². The molecule has 1 amide bonds. The van der Waals surface area contributed by atoms with Gasteiger partial charge in [-0.2, -0.15) is 0 Å². The first-order valence-electron chi connectivity index (χ1n) is 3.25. The highest BCUT2D eigenvalue weighted by Gasteiger charge is 2.26. The molecule has 0 aromatic heterocycles. The Hall–Kier alpha value is -0.670. The lowest BCUT2D eigenvalue weighted by Gasteiger charge is -2.20. The Balaban J connectivity index is 2.39. The molecule has 4 heteroatoms. The van der Waals surface area contributed by atoms with Crippen LogP contribution in [0.1, 0.15) is 12.8 Å². The lowest BCUT2D eigenvalue weighted by molar-refractivity contribution is -0.125. The van der Waals surface area contributed by atoms with E-state index in [1.165, 1.54) is 0 Å². The molecule has 1 fully saturated rings. The fourth-order valence-electron chi connectivity index (χ4n) is 1.02. The molecule has 1 aliphatic heterocycles. The summed E-state index contributed by atoms with van der Waals surface area (Å²) >= 11 is 0. The number of alkyl halides is 2. The summed E-state index contributed by atoms with van der Waals surface area (Å²) in [7, 11) is 0. The number of piperidine rings is 1. The molecule has 10 heavy (non-hydrogen) atoms. The largest absolute Gasteiger partial charge is 0.356 e. The van der Waals surface area contributed by atoms with Gasteiger partial charge in [0.15, 0.2) is 0 Å². The van der Waals surface area contributed by atoms with Gasteiger partial charge < -0.3 is 5.32 Å². The van der Waals surface area contributed by atoms with Crippen LogP contribution in [-0.4, -0.2) is 18.9 Å². The fourth-order valence-corrected chi connectivity index (χ4v) is 1.02. The summed E-state index contributed by atoms with van der Waals surface area (Å²) in [5.74, 6) is -0.967. The molecule has 1 aliphatic rings. The molecule has 1 saturated heterocycles. The molecule has 1 rings (SSSR count). The third-order valence-corrected chi connectivity index (χ3v) is 1.64. The highest BCUT2D eigenvalue weighted by atomic mass is 19.3. The summed E-state index contributed by atoms with van der Waals surface area (Å²) in [6, 6.07) is 0. The Kier molecular flexibility index (Phi) is 2.19. The minimum absolute atomic E-state index is 0.0162. The maximum Gasteiger partial charge on any atom is 0.242 e. The third kappa shape index (κ3) is 1.65. The van der Waals surface area contributed by atoms with Gasteiger partial charge in [-0.15, -0.1) is 0 Å². The van der Waals surface area contributed by atoms with Crippen LogP contribution in [0.25, 0.3) is 0 Å². The van der Waals surface area contributed by atoms with E-state index in [2.05, 4.69) is 5.32 Å². The summed E-state index contributed by atoms with van der Waals surface area (Å²) in [5.41, 5.74) is 0. The Morgan fingerprint density at radius 1 is 1.60 bits per heavy atom. The molecule has 1 unspecified atom stereocenters. The normalized spacial score (nSPS) is 26.7. The average molecular weight is 149 g/mol. The summed E-state index contributed by atoms with van der Waals surface area (Å²) < 4.78 is 23.8. The highest BCUT2D eigenvalue weighted by molar-refractivity contribution is 5.76. The number of rotatable bonds is 1. The van der Waals surface area contributed by atoms with E-state index >= 15 is 0 Å². The summed E-state index contributed by atoms with van der Waals surface area (Å²) in [6.45, 7) is 0.397. The van der Waals surface area contributed by atoms with Crippen molar-refractivity contribution in [1.29, 1.82) is 0 Å². The molecule has 58 valence electrons. The monoisotopic (exact) mass is 149 g/mol. The van der Waals surface area contributed by atoms with Gasteiger partial charge in [-0.05, 0) is 6.42 Å². The third-order valence-electron chi connectivity index (χ3n) is 1.64. The predicted molar refractivity (Wildman–Crippen MR) is 31.7 cm³/mol. The summed E-state index contributed by atoms with van der Waals surface area (Å²) in [5, 5.41) is 2.49. The molecule has 0 spiro atoms. The molecule has 0 aromatic rings. The molecule has 2 nitrogen and oxygen atoms in total. The van der Waals surface area contributed by atoms with Crippen molar-refractivity contribution in [3.63, 3.8) is 0 Å². The zero-order valence-electron chi connectivity index (χ0n) is 5.44. The second-order valence-electron chi connectivity index (χ2n) is 2.44. The Morgan fingerprint density at radius 3 is 2.70 bits per heavy atom. The van der Waals surface area contributed by atoms with Crippen molar-refractivity contribution in [2.45, 2.75) is 19.3 Å². The molecular weight excluding hydrogens is 140 g/mol. The van der Waals surface area contributed by atoms with Gasteiger partial charge >= 0.3 is 0 Å². The van der Waals surface area contributed by atoms with Crippen molar-refractivity contribution in [3.05, 3.63) is 0 Å². The maximum absolute atomic E-state index is 11.9. The SMILES string of the molecule is O=C1CC(C(F)F)CCN1. The first kappa shape index (κ1) is 7.44. The van der Waals surface area contributed by atoms with Crippen molar-refractivity contribution < 1.29 is 13.6 Å². The summed E-state index contributed by atoms with van der Waals surface area (Å²) in [4.78, 5) is 10.5. The molecular formula is C6H9F2NO. The molecule has 1 atom stereocenters. The van der Waals surface area contributed by atoms with E-state index in [4.69, 9.17) is 0 Å². The molecule has 1 heterocycles. The number of carbonyl (C=O) groups excluding carboxylic acids is 1. The van der Waals surface area contributed by atoms with Crippen LogP contribution in [-0.2, 0) is 4.79 Å². The van der Waals surface area contributed by atoms with E-state index in [9.17, 15) is 13.6 Å². The topological polar surface area (TPSA) is 29.1 Å². The second-order valence-corrected chi connectivity index (χ2v) is 2.44. The lowest BCUT2D eigenvalue weighted by atomic mass is 9.98. The van der Waals surface area contributed by atoms with Gasteiger partial charge in [0.25, 0.3) is 0 Å². The van der Waals surface area contributed by atoms with E-state index in [1.807, 2.05) is 0 Å². The van der Waals surface area contributed by atoms with E-state index in [-0.39, 0.29) is 12.3 Å². The highest BCUT2D eigenvalue weighted by Crippen LogP contribution is 2.19. The van der Waals surface area contributed by atoms with Crippen molar-refractivity contribution in [3.8, 4) is 0 Å². The first-order valence-corrected chi connectivity index (χ1v) is 3.25. The van der Waals surface area contributed by atoms with Crippen LogP contribution >= 0.6 is 0 Å². The molecule has 0 aromatic carbocycles. The van der Waals surface area contributed by atoms with E-state index < -0.39 is 12.3 Å². The van der Waals surface area contributed by atoms with Crippen molar-refractivity contribution in [1.82, 2.24) is 5.32 Å². The van der Waals surface area contributed by atoms with Crippen molar-refractivity contribution >= 4 is 5.91 Å².